The minimum atomic E-state index is -0.411. The highest BCUT2D eigenvalue weighted by Gasteiger charge is 2.07. The fourth-order valence-corrected chi connectivity index (χ4v) is 1.85. The highest BCUT2D eigenvalue weighted by atomic mass is 16.4. The number of benzene rings is 1. The van der Waals surface area contributed by atoms with Crippen LogP contribution in [-0.2, 0) is 0 Å². The number of hydrogen-bond donors (Lipinski definition) is 3. The van der Waals surface area contributed by atoms with Crippen molar-refractivity contribution < 1.29 is 4.42 Å². The van der Waals surface area contributed by atoms with Gasteiger partial charge in [0.05, 0.1) is 5.69 Å². The van der Waals surface area contributed by atoms with E-state index < -0.39 is 11.5 Å². The number of anilines is 1. The molecule has 0 unspecified atom stereocenters. The molecular weight excluding hydrogens is 270 g/mol. The van der Waals surface area contributed by atoms with Crippen molar-refractivity contribution in [2.75, 3.05) is 5.43 Å². The zero-order valence-corrected chi connectivity index (χ0v) is 11.5. The molecular formula is C14H13N5O2. The van der Waals surface area contributed by atoms with Crippen LogP contribution in [0.2, 0.25) is 0 Å². The maximum Gasteiger partial charge on any atom is 0.336 e. The summed E-state index contributed by atoms with van der Waals surface area (Å²) in [5, 5.41) is 20.5. The summed E-state index contributed by atoms with van der Waals surface area (Å²) in [5.41, 5.74) is 10.00. The SMILES string of the molecule is Cc1cc2oc(=O)cc(C)c2cc1N/N=C(\C#N)C(=N)N. The lowest BCUT2D eigenvalue weighted by Crippen LogP contribution is -2.21. The first-order chi connectivity index (χ1) is 9.92. The number of aryl methyl sites for hydroxylation is 2. The summed E-state index contributed by atoms with van der Waals surface area (Å²) < 4.78 is 5.14. The zero-order chi connectivity index (χ0) is 15.6. The number of hydrogen-bond acceptors (Lipinski definition) is 6. The third-order valence-electron chi connectivity index (χ3n) is 2.95. The van der Waals surface area contributed by atoms with Crippen LogP contribution in [-0.4, -0.2) is 11.5 Å². The Bertz CT molecular complexity index is 858. The van der Waals surface area contributed by atoms with Crippen molar-refractivity contribution in [3.63, 3.8) is 0 Å². The zero-order valence-electron chi connectivity index (χ0n) is 11.5. The van der Waals surface area contributed by atoms with Crippen molar-refractivity contribution in [3.8, 4) is 6.07 Å². The second kappa shape index (κ2) is 5.46. The average molecular weight is 283 g/mol. The topological polar surface area (TPSA) is 128 Å². The molecule has 4 N–H and O–H groups in total. The van der Waals surface area contributed by atoms with E-state index in [1.54, 1.807) is 32.0 Å². The van der Waals surface area contributed by atoms with Crippen LogP contribution < -0.4 is 16.8 Å². The molecule has 21 heavy (non-hydrogen) atoms. The van der Waals surface area contributed by atoms with Gasteiger partial charge in [-0.25, -0.2) is 4.79 Å². The molecule has 0 spiro atoms. The quantitative estimate of drug-likeness (QED) is 0.341. The summed E-state index contributed by atoms with van der Waals surface area (Å²) in [7, 11) is 0. The highest BCUT2D eigenvalue weighted by Crippen LogP contribution is 2.24. The van der Waals surface area contributed by atoms with E-state index in [1.165, 1.54) is 6.07 Å². The molecule has 0 amide bonds. The summed E-state index contributed by atoms with van der Waals surface area (Å²) in [6.07, 6.45) is 0. The maximum atomic E-state index is 11.4. The molecule has 0 saturated heterocycles. The largest absolute Gasteiger partial charge is 0.423 e. The lowest BCUT2D eigenvalue weighted by atomic mass is 10.1. The molecule has 2 rings (SSSR count). The summed E-state index contributed by atoms with van der Waals surface area (Å²) in [5.74, 6) is -0.411. The highest BCUT2D eigenvalue weighted by molar-refractivity contribution is 6.45. The van der Waals surface area contributed by atoms with Crippen molar-refractivity contribution in [2.24, 2.45) is 10.8 Å². The first-order valence-corrected chi connectivity index (χ1v) is 6.05. The average Bonchev–Trinajstić information content (AvgIpc) is 2.39. The smallest absolute Gasteiger partial charge is 0.336 e. The number of nitrogens with one attached hydrogen (secondary N) is 2. The van der Waals surface area contributed by atoms with E-state index in [0.29, 0.717) is 11.3 Å². The van der Waals surface area contributed by atoms with E-state index in [9.17, 15) is 4.79 Å². The number of amidine groups is 1. The number of fused-ring (bicyclic) bond motifs is 1. The van der Waals surface area contributed by atoms with Crippen LogP contribution in [0.1, 0.15) is 11.1 Å². The minimum absolute atomic E-state index is 0.203. The Balaban J connectivity index is 2.51. The number of nitrogens with zero attached hydrogens (tertiary/aromatic N) is 2. The molecule has 1 heterocycles. The number of nitriles is 1. The Morgan fingerprint density at radius 2 is 2.10 bits per heavy atom. The molecule has 0 aliphatic carbocycles. The van der Waals surface area contributed by atoms with E-state index in [0.717, 1.165) is 16.5 Å². The Hall–Kier alpha value is -3.14. The fourth-order valence-electron chi connectivity index (χ4n) is 1.85. The molecule has 1 aromatic carbocycles. The second-order valence-electron chi connectivity index (χ2n) is 4.51. The van der Waals surface area contributed by atoms with Crippen molar-refractivity contribution in [2.45, 2.75) is 13.8 Å². The van der Waals surface area contributed by atoms with Crippen LogP contribution in [0.3, 0.4) is 0 Å². The molecule has 106 valence electrons. The van der Waals surface area contributed by atoms with Gasteiger partial charge in [0.25, 0.3) is 0 Å². The van der Waals surface area contributed by atoms with Gasteiger partial charge in [0, 0.05) is 11.5 Å². The molecule has 0 aliphatic rings. The van der Waals surface area contributed by atoms with Crippen LogP contribution in [0.4, 0.5) is 5.69 Å². The van der Waals surface area contributed by atoms with Gasteiger partial charge in [0.15, 0.2) is 5.84 Å². The monoisotopic (exact) mass is 283 g/mol. The number of rotatable bonds is 3. The summed E-state index contributed by atoms with van der Waals surface area (Å²) in [6.45, 7) is 3.61. The molecule has 7 heteroatoms. The van der Waals surface area contributed by atoms with E-state index in [-0.39, 0.29) is 5.71 Å². The second-order valence-corrected chi connectivity index (χ2v) is 4.51. The van der Waals surface area contributed by atoms with Gasteiger partial charge in [-0.15, -0.1) is 0 Å². The molecule has 0 fully saturated rings. The Morgan fingerprint density at radius 1 is 1.38 bits per heavy atom. The van der Waals surface area contributed by atoms with Crippen LogP contribution in [0.5, 0.6) is 0 Å². The Morgan fingerprint density at radius 3 is 2.71 bits per heavy atom. The van der Waals surface area contributed by atoms with Crippen LogP contribution in [0, 0.1) is 30.6 Å². The van der Waals surface area contributed by atoms with Gasteiger partial charge >= 0.3 is 5.63 Å². The van der Waals surface area contributed by atoms with Gasteiger partial charge in [0.1, 0.15) is 11.7 Å². The van der Waals surface area contributed by atoms with Crippen molar-refractivity contribution in [1.29, 1.82) is 10.7 Å². The van der Waals surface area contributed by atoms with Crippen molar-refractivity contribution >= 4 is 28.2 Å². The minimum Gasteiger partial charge on any atom is -0.423 e. The first kappa shape index (κ1) is 14.3. The van der Waals surface area contributed by atoms with Crippen LogP contribution in [0.15, 0.2) is 32.5 Å². The van der Waals surface area contributed by atoms with E-state index in [2.05, 4.69) is 10.5 Å². The van der Waals surface area contributed by atoms with Crippen molar-refractivity contribution in [1.82, 2.24) is 0 Å². The van der Waals surface area contributed by atoms with Gasteiger partial charge in [0.2, 0.25) is 5.71 Å². The lowest BCUT2D eigenvalue weighted by Gasteiger charge is -2.08. The van der Waals surface area contributed by atoms with Gasteiger partial charge in [-0.3, -0.25) is 10.8 Å². The van der Waals surface area contributed by atoms with Gasteiger partial charge in [-0.2, -0.15) is 10.4 Å². The predicted molar refractivity (Wildman–Crippen MR) is 80.5 cm³/mol. The first-order valence-electron chi connectivity index (χ1n) is 6.05. The molecule has 0 aliphatic heterocycles. The van der Waals surface area contributed by atoms with E-state index in [1.807, 2.05) is 0 Å². The molecule has 7 nitrogen and oxygen atoms in total. The standard InChI is InChI=1S/C14H13N5O2/c1-7-4-13(20)21-12-3-8(2)10(5-9(7)12)18-19-11(6-15)14(16)17/h3-5,18H,1-2H3,(H3,16,17)/b19-11+. The van der Waals surface area contributed by atoms with Gasteiger partial charge in [-0.05, 0) is 37.1 Å². The number of nitrogens with two attached hydrogens (primary N) is 1. The molecule has 0 saturated carbocycles. The third-order valence-corrected chi connectivity index (χ3v) is 2.95. The van der Waals surface area contributed by atoms with E-state index >= 15 is 0 Å². The molecule has 0 radical (unpaired) electrons. The van der Waals surface area contributed by atoms with Crippen molar-refractivity contribution in [3.05, 3.63) is 39.7 Å². The lowest BCUT2D eigenvalue weighted by molar-refractivity contribution is 0.559. The summed E-state index contributed by atoms with van der Waals surface area (Å²) in [6, 6.07) is 6.60. The normalized spacial score (nSPS) is 11.2. The molecule has 0 atom stereocenters. The Kier molecular flexibility index (Phi) is 3.71. The number of hydrazone groups is 1. The predicted octanol–water partition coefficient (Wildman–Crippen LogP) is 1.64. The maximum absolute atomic E-state index is 11.4. The van der Waals surface area contributed by atoms with Crippen LogP contribution >= 0.6 is 0 Å². The summed E-state index contributed by atoms with van der Waals surface area (Å²) in [4.78, 5) is 11.4. The fraction of sp³-hybridized carbons (Fsp3) is 0.143. The van der Waals surface area contributed by atoms with Gasteiger partial charge < -0.3 is 10.2 Å². The van der Waals surface area contributed by atoms with E-state index in [4.69, 9.17) is 20.8 Å². The molecule has 0 bridgehead atoms. The van der Waals surface area contributed by atoms with Gasteiger partial charge in [-0.1, -0.05) is 0 Å². The molecule has 2 aromatic rings. The third kappa shape index (κ3) is 2.90. The van der Waals surface area contributed by atoms with Crippen LogP contribution in [0.25, 0.3) is 11.0 Å². The Labute approximate surface area is 120 Å². The molecule has 1 aromatic heterocycles. The summed E-state index contributed by atoms with van der Waals surface area (Å²) >= 11 is 0.